The van der Waals surface area contributed by atoms with Crippen molar-refractivity contribution in [2.45, 2.75) is 78.1 Å². The Labute approximate surface area is 253 Å². The second kappa shape index (κ2) is 13.1. The molecule has 0 amide bonds. The predicted octanol–water partition coefficient (Wildman–Crippen LogP) is 9.12. The number of rotatable bonds is 2. The topological polar surface area (TPSA) is 54.5 Å². The van der Waals surface area contributed by atoms with Gasteiger partial charge in [0.25, 0.3) is 0 Å². The Bertz CT molecular complexity index is 1460. The number of ketones is 1. The summed E-state index contributed by atoms with van der Waals surface area (Å²) in [6, 6.07) is 19.3. The quantitative estimate of drug-likeness (QED) is 0.125. The van der Waals surface area contributed by atoms with Crippen molar-refractivity contribution >= 4 is 17.9 Å². The minimum Gasteiger partial charge on any atom is -0.512 e. The molecule has 3 aromatic rings. The van der Waals surface area contributed by atoms with Crippen LogP contribution in [0.5, 0.6) is 0 Å². The number of nitrogens with zero attached hydrogens (tertiary/aromatic N) is 1. The van der Waals surface area contributed by atoms with Crippen molar-refractivity contribution in [2.24, 2.45) is 0 Å². The second-order valence-electron chi connectivity index (χ2n) is 11.6. The zero-order valence-electron chi connectivity index (χ0n) is 24.5. The van der Waals surface area contributed by atoms with Crippen molar-refractivity contribution in [3.63, 3.8) is 0 Å². The van der Waals surface area contributed by atoms with Gasteiger partial charge in [0.2, 0.25) is 0 Å². The van der Waals surface area contributed by atoms with Crippen LogP contribution in [0, 0.1) is 6.07 Å². The molecule has 0 fully saturated rings. The van der Waals surface area contributed by atoms with Gasteiger partial charge in [0.1, 0.15) is 0 Å². The van der Waals surface area contributed by atoms with Crippen LogP contribution in [0.15, 0.2) is 72.6 Å². The van der Waals surface area contributed by atoms with Gasteiger partial charge in [-0.25, -0.2) is 0 Å². The predicted molar refractivity (Wildman–Crippen MR) is 165 cm³/mol. The number of fused-ring (bicyclic) bond motifs is 3. The van der Waals surface area contributed by atoms with Crippen LogP contribution < -0.4 is 0 Å². The van der Waals surface area contributed by atoms with E-state index in [-0.39, 0.29) is 42.5 Å². The van der Waals surface area contributed by atoms with Gasteiger partial charge in [-0.3, -0.25) is 4.79 Å². The van der Waals surface area contributed by atoms with Crippen molar-refractivity contribution in [1.82, 2.24) is 4.98 Å². The molecular weight excluding hydrogens is 671 g/mol. The summed E-state index contributed by atoms with van der Waals surface area (Å²) in [5.74, 6) is 0.250. The monoisotopic (exact) mass is 712 g/mol. The molecule has 0 bridgehead atoms. The van der Waals surface area contributed by atoms with Gasteiger partial charge in [-0.15, -0.1) is 34.9 Å². The van der Waals surface area contributed by atoms with Gasteiger partial charge in [-0.05, 0) is 77.5 Å². The van der Waals surface area contributed by atoms with Crippen molar-refractivity contribution in [1.29, 1.82) is 0 Å². The number of aromatic nitrogens is 1. The second-order valence-corrected chi connectivity index (χ2v) is 11.6. The van der Waals surface area contributed by atoms with Crippen LogP contribution in [0.3, 0.4) is 0 Å². The van der Waals surface area contributed by atoms with E-state index in [4.69, 9.17) is 14.9 Å². The fourth-order valence-electron chi connectivity index (χ4n) is 5.79. The fourth-order valence-corrected chi connectivity index (χ4v) is 5.79. The van der Waals surface area contributed by atoms with Gasteiger partial charge in [-0.2, -0.15) is 0 Å². The first-order valence-electron chi connectivity index (χ1n) is 13.9. The van der Waals surface area contributed by atoms with Crippen LogP contribution in [0.4, 0.5) is 0 Å². The summed E-state index contributed by atoms with van der Waals surface area (Å²) in [6.07, 6.45) is 17.1. The number of carbonyl (C=O) groups excluding carboxylic acids is 1. The number of allylic oxidation sites excluding steroid dienone is 4. The van der Waals surface area contributed by atoms with E-state index in [1.165, 1.54) is 66.1 Å². The van der Waals surface area contributed by atoms with Crippen LogP contribution in [0.25, 0.3) is 23.4 Å². The molecule has 0 atom stereocenters. The zero-order chi connectivity index (χ0) is 28.2. The minimum atomic E-state index is -0.0698. The van der Waals surface area contributed by atoms with E-state index in [0.29, 0.717) is 0 Å². The smallest absolute Gasteiger partial charge is 0.316 e. The van der Waals surface area contributed by atoms with Crippen molar-refractivity contribution in [2.75, 3.05) is 0 Å². The van der Waals surface area contributed by atoms with Gasteiger partial charge in [0.05, 0.1) is 18.8 Å². The molecule has 211 valence electrons. The van der Waals surface area contributed by atoms with Crippen molar-refractivity contribution in [3.05, 3.63) is 112 Å². The van der Waals surface area contributed by atoms with Crippen LogP contribution in [-0.4, -0.2) is 20.7 Å². The summed E-state index contributed by atoms with van der Waals surface area (Å²) >= 11 is 0. The van der Waals surface area contributed by atoms with E-state index in [0.717, 1.165) is 24.1 Å². The molecule has 1 aromatic heterocycles. The van der Waals surface area contributed by atoms with E-state index in [9.17, 15) is 0 Å². The molecule has 0 unspecified atom stereocenters. The molecule has 1 heterocycles. The molecule has 2 aliphatic rings. The van der Waals surface area contributed by atoms with Crippen LogP contribution in [0.1, 0.15) is 101 Å². The standard InChI is InChI=1S/C31H32N.C5H8O2.Ir/c1-30(2)25-15-11-12-16-26(25)31(3,4)28-21-23(17-18-27(28)30)29-24-14-10-8-6-5-7-9-13-22(24)19-20-32-29;1-4(6)3-5(2)7;/h9-16,18-21H,5-8H2,1-4H3;3,6H,1-2H3;/q-1;;/p+1/b13-9+,14-10+;4-3-;. The third-order valence-corrected chi connectivity index (χ3v) is 7.84. The summed E-state index contributed by atoms with van der Waals surface area (Å²) in [6.45, 7) is 12.4. The SMILES string of the molecule is CC(=[OH+])/C=C(/C)O.CC1(C)c2c[c-]c(-c3nccc4c3/C=C/CCCC/C=C/4)cc2C(C)(C)c2ccccc21.[Ir]. The Morgan fingerprint density at radius 1 is 0.900 bits per heavy atom. The van der Waals surface area contributed by atoms with Crippen molar-refractivity contribution in [3.8, 4) is 11.3 Å². The maximum absolute atomic E-state index is 8.40. The van der Waals surface area contributed by atoms with Crippen LogP contribution in [0.2, 0.25) is 0 Å². The summed E-state index contributed by atoms with van der Waals surface area (Å²) in [4.78, 5) is 13.3. The summed E-state index contributed by atoms with van der Waals surface area (Å²) < 4.78 is 0. The first-order valence-corrected chi connectivity index (χ1v) is 13.9. The van der Waals surface area contributed by atoms with E-state index in [1.54, 1.807) is 0 Å². The van der Waals surface area contributed by atoms with Gasteiger partial charge < -0.3 is 10.1 Å². The summed E-state index contributed by atoms with van der Waals surface area (Å²) in [5, 5.41) is 8.40. The molecule has 0 saturated heterocycles. The molecule has 4 heteroatoms. The van der Waals surface area contributed by atoms with Gasteiger partial charge in [0.15, 0.2) is 0 Å². The number of benzene rings is 2. The Morgan fingerprint density at radius 2 is 1.50 bits per heavy atom. The summed E-state index contributed by atoms with van der Waals surface area (Å²) in [7, 11) is 0. The van der Waals surface area contributed by atoms with Crippen LogP contribution >= 0.6 is 0 Å². The molecule has 0 saturated carbocycles. The number of aliphatic hydroxyl groups excluding tert-OH is 1. The molecule has 2 aliphatic carbocycles. The molecule has 5 rings (SSSR count). The first-order chi connectivity index (χ1) is 18.5. The molecule has 2 N–H and O–H groups in total. The van der Waals surface area contributed by atoms with Crippen LogP contribution in [-0.2, 0) is 30.9 Å². The molecule has 40 heavy (non-hydrogen) atoms. The first kappa shape index (κ1) is 31.5. The zero-order valence-corrected chi connectivity index (χ0v) is 26.9. The third-order valence-electron chi connectivity index (χ3n) is 7.84. The van der Waals surface area contributed by atoms with Crippen molar-refractivity contribution < 1.29 is 30.0 Å². The Hall–Kier alpha value is -3.07. The van der Waals surface area contributed by atoms with Gasteiger partial charge in [-0.1, -0.05) is 76.3 Å². The molecule has 2 aromatic carbocycles. The normalized spacial score (nSPS) is 18.3. The molecular formula is C36H41IrNO2. The van der Waals surface area contributed by atoms with E-state index >= 15 is 0 Å². The molecule has 3 nitrogen and oxygen atoms in total. The number of hydrogen-bond donors (Lipinski definition) is 1. The Morgan fingerprint density at radius 3 is 2.08 bits per heavy atom. The van der Waals surface area contributed by atoms with E-state index in [1.807, 2.05) is 6.20 Å². The minimum absolute atomic E-state index is 0. The van der Waals surface area contributed by atoms with E-state index in [2.05, 4.69) is 101 Å². The Kier molecular flexibility index (Phi) is 10.3. The largest absolute Gasteiger partial charge is 0.512 e. The number of pyridine rings is 1. The Balaban J connectivity index is 0.000000492. The average Bonchev–Trinajstić information content (AvgIpc) is 2.89. The number of aliphatic hydroxyl groups is 1. The van der Waals surface area contributed by atoms with Gasteiger partial charge >= 0.3 is 5.78 Å². The average molecular weight is 712 g/mol. The van der Waals surface area contributed by atoms with E-state index < -0.39 is 0 Å². The van der Waals surface area contributed by atoms with Gasteiger partial charge in [0, 0.05) is 26.3 Å². The molecule has 0 aliphatic heterocycles. The number of hydrogen-bond acceptors (Lipinski definition) is 2. The maximum atomic E-state index is 8.40. The molecule has 0 spiro atoms. The summed E-state index contributed by atoms with van der Waals surface area (Å²) in [5.41, 5.74) is 10.0. The maximum Gasteiger partial charge on any atom is 0.316 e. The fraction of sp³-hybridized carbons (Fsp3) is 0.333. The third kappa shape index (κ3) is 6.62. The molecule has 1 radical (unpaired) electrons.